The molecule has 18 nitrogen and oxygen atoms in total. The topological polar surface area (TPSA) is 260 Å². The fourth-order valence-corrected chi connectivity index (χ4v) is 5.51. The van der Waals surface area contributed by atoms with Gasteiger partial charge in [-0.2, -0.15) is 23.6 Å². The molecule has 4 aromatic carbocycles. The molecule has 0 aliphatic heterocycles. The molecule has 0 radical (unpaired) electrons. The summed E-state index contributed by atoms with van der Waals surface area (Å²) in [4.78, 5) is 13.0. The zero-order chi connectivity index (χ0) is 35.0. The van der Waals surface area contributed by atoms with Crippen molar-refractivity contribution in [2.24, 2.45) is 10.2 Å². The van der Waals surface area contributed by atoms with Gasteiger partial charge in [-0.15, -0.1) is 10.2 Å². The van der Waals surface area contributed by atoms with Gasteiger partial charge in [-0.3, -0.25) is 10.1 Å². The SMILES string of the molecule is Cc1ccc(Nc2nc(Cl)nc(Nc3ccc(SOO[O-])c(N=Nc4c(NCS(=O)(=O)[O-])ccc5cc(SOO[O-])cc(O)c45)c3)n2)cc1.[Na+].[Na+].[Na+]. The maximum Gasteiger partial charge on any atom is 1.00 e. The van der Waals surface area contributed by atoms with Gasteiger partial charge in [-0.1, -0.05) is 23.8 Å². The van der Waals surface area contributed by atoms with Crippen molar-refractivity contribution < 1.29 is 136 Å². The predicted molar refractivity (Wildman–Crippen MR) is 173 cm³/mol. The van der Waals surface area contributed by atoms with E-state index in [4.69, 9.17) is 11.6 Å². The molecule has 0 aliphatic rings. The number of halogens is 1. The van der Waals surface area contributed by atoms with E-state index >= 15 is 0 Å². The van der Waals surface area contributed by atoms with Crippen molar-refractivity contribution in [2.75, 3.05) is 21.8 Å². The van der Waals surface area contributed by atoms with E-state index in [1.165, 1.54) is 36.4 Å². The first kappa shape index (κ1) is 46.8. The van der Waals surface area contributed by atoms with Crippen molar-refractivity contribution in [3.63, 3.8) is 0 Å². The molecule has 0 saturated carbocycles. The van der Waals surface area contributed by atoms with Gasteiger partial charge < -0.3 is 36.1 Å². The molecule has 0 amide bonds. The summed E-state index contributed by atoms with van der Waals surface area (Å²) in [5.41, 5.74) is 2.16. The Labute approximate surface area is 375 Å². The summed E-state index contributed by atoms with van der Waals surface area (Å²) >= 11 is 7.19. The van der Waals surface area contributed by atoms with Gasteiger partial charge in [0.25, 0.3) is 0 Å². The summed E-state index contributed by atoms with van der Waals surface area (Å²) in [6.45, 7) is 1.95. The van der Waals surface area contributed by atoms with E-state index in [9.17, 15) is 28.6 Å². The first-order valence-electron chi connectivity index (χ1n) is 13.3. The summed E-state index contributed by atoms with van der Waals surface area (Å²) < 4.78 is 43.0. The second-order valence-electron chi connectivity index (χ2n) is 9.57. The van der Waals surface area contributed by atoms with E-state index in [-0.39, 0.29) is 144 Å². The summed E-state index contributed by atoms with van der Waals surface area (Å²) in [5, 5.41) is 55.9. The van der Waals surface area contributed by atoms with Crippen LogP contribution in [0.25, 0.3) is 10.8 Å². The van der Waals surface area contributed by atoms with Crippen LogP contribution in [0.1, 0.15) is 5.56 Å². The van der Waals surface area contributed by atoms with Gasteiger partial charge in [0.05, 0.1) is 40.1 Å². The third kappa shape index (κ3) is 13.7. The molecule has 256 valence electrons. The molecule has 5 aromatic rings. The Kier molecular flexibility index (Phi) is 20.0. The number of aromatic hydroxyl groups is 1. The van der Waals surface area contributed by atoms with Gasteiger partial charge in [-0.05, 0) is 72.4 Å². The molecule has 5 rings (SSSR count). The van der Waals surface area contributed by atoms with E-state index in [0.717, 1.165) is 5.56 Å². The number of nitrogens with zero attached hydrogens (tertiary/aromatic N) is 5. The normalized spacial score (nSPS) is 11.0. The molecule has 1 heterocycles. The molecular weight excluding hydrogens is 797 g/mol. The zero-order valence-electron chi connectivity index (χ0n) is 27.5. The van der Waals surface area contributed by atoms with Crippen molar-refractivity contribution in [3.05, 3.63) is 77.6 Å². The molecule has 0 saturated heterocycles. The Morgan fingerprint density at radius 3 is 2.13 bits per heavy atom. The molecule has 0 aliphatic carbocycles. The maximum absolute atomic E-state index is 11.4. The monoisotopic (exact) mass is 816 g/mol. The smallest absolute Gasteiger partial charge is 0.747 e. The number of rotatable bonds is 15. The van der Waals surface area contributed by atoms with Crippen LogP contribution in [-0.4, -0.2) is 38.9 Å². The molecule has 0 spiro atoms. The van der Waals surface area contributed by atoms with E-state index < -0.39 is 16.0 Å². The zero-order valence-corrected chi connectivity index (χ0v) is 36.7. The van der Waals surface area contributed by atoms with Gasteiger partial charge >= 0.3 is 88.7 Å². The van der Waals surface area contributed by atoms with E-state index in [0.29, 0.717) is 40.8 Å². The van der Waals surface area contributed by atoms with E-state index in [1.807, 2.05) is 31.2 Å². The van der Waals surface area contributed by atoms with Crippen LogP contribution in [0, 0.1) is 6.92 Å². The van der Waals surface area contributed by atoms with Crippen LogP contribution in [0.2, 0.25) is 5.28 Å². The quantitative estimate of drug-likeness (QED) is 0.0196. The minimum Gasteiger partial charge on any atom is -0.747 e. The number of benzene rings is 4. The van der Waals surface area contributed by atoms with Crippen LogP contribution in [0.4, 0.5) is 40.3 Å². The Balaban J connectivity index is 0.00000312. The molecule has 4 N–H and O–H groups in total. The minimum absolute atomic E-state index is 0. The Bertz CT molecular complexity index is 2110. The van der Waals surface area contributed by atoms with Crippen LogP contribution < -0.4 is 115 Å². The average Bonchev–Trinajstić information content (AvgIpc) is 3.05. The molecule has 0 bridgehead atoms. The average molecular weight is 817 g/mol. The Morgan fingerprint density at radius 2 is 1.48 bits per heavy atom. The summed E-state index contributed by atoms with van der Waals surface area (Å²) in [6.07, 6.45) is 0. The van der Waals surface area contributed by atoms with Crippen molar-refractivity contribution >= 4 is 96.9 Å². The number of nitrogens with one attached hydrogen (secondary N) is 3. The molecule has 0 fully saturated rings. The number of aryl methyl sites for hydroxylation is 1. The van der Waals surface area contributed by atoms with E-state index in [2.05, 4.69) is 59.9 Å². The fraction of sp³-hybridized carbons (Fsp3) is 0.0741. The van der Waals surface area contributed by atoms with Crippen molar-refractivity contribution in [3.8, 4) is 5.75 Å². The van der Waals surface area contributed by atoms with Crippen molar-refractivity contribution in [1.29, 1.82) is 0 Å². The molecule has 1 aromatic heterocycles. The van der Waals surface area contributed by atoms with Gasteiger partial charge in [0, 0.05) is 16.3 Å². The number of fused-ring (bicyclic) bond motifs is 1. The van der Waals surface area contributed by atoms with Crippen LogP contribution in [-0.2, 0) is 28.9 Å². The number of phenols is 1. The number of phenolic OH excluding ortho intramolecular Hbond substituents is 1. The number of azo groups is 1. The largest absolute Gasteiger partial charge is 1.00 e. The third-order valence-electron chi connectivity index (χ3n) is 6.18. The molecule has 52 heavy (non-hydrogen) atoms. The summed E-state index contributed by atoms with van der Waals surface area (Å²) in [7, 11) is -4.73. The summed E-state index contributed by atoms with van der Waals surface area (Å²) in [5.74, 6) is -1.16. The standard InChI is InChI=1S/C27H23ClN8O10S3.3Na/c1-14-2-5-16(6-3-14)30-26-32-25(28)33-27(34-26)31-17-7-9-22(48-46-44-39)20(11-17)35-36-24-19(29-13-49(40,41)42)8-4-15-10-18(47-45-43-38)12-21(37)23(15)24;;;/h2-12,29,37-39H,13H2,1H3,(H,40,41,42)(H2,30,31,32,33,34);;;/q;3*+1/p-3. The first-order valence-corrected chi connectivity index (χ1v) is 16.8. The van der Waals surface area contributed by atoms with Gasteiger partial charge in [0.1, 0.15) is 33.1 Å². The second kappa shape index (κ2) is 22.2. The minimum atomic E-state index is -4.73. The molecule has 0 unspecified atom stereocenters. The van der Waals surface area contributed by atoms with E-state index in [1.54, 1.807) is 6.07 Å². The first-order chi connectivity index (χ1) is 23.5. The fourth-order valence-electron chi connectivity index (χ4n) is 4.17. The van der Waals surface area contributed by atoms with Crippen molar-refractivity contribution in [1.82, 2.24) is 15.0 Å². The number of anilines is 5. The van der Waals surface area contributed by atoms with Crippen LogP contribution in [0.3, 0.4) is 0 Å². The maximum atomic E-state index is 11.4. The third-order valence-corrected chi connectivity index (χ3v) is 8.05. The van der Waals surface area contributed by atoms with Crippen LogP contribution >= 0.6 is 35.7 Å². The number of hydrogen-bond donors (Lipinski definition) is 4. The Morgan fingerprint density at radius 1 is 0.846 bits per heavy atom. The van der Waals surface area contributed by atoms with Gasteiger partial charge in [0.2, 0.25) is 17.2 Å². The second-order valence-corrected chi connectivity index (χ2v) is 12.8. The van der Waals surface area contributed by atoms with Gasteiger partial charge in [0.15, 0.2) is 0 Å². The molecular formula is C27H20ClN8Na3O10S3. The van der Waals surface area contributed by atoms with Gasteiger partial charge in [-0.25, -0.2) is 8.42 Å². The predicted octanol–water partition coefficient (Wildman–Crippen LogP) is -4.02. The molecule has 0 atom stereocenters. The summed E-state index contributed by atoms with van der Waals surface area (Å²) in [6, 6.07) is 17.7. The number of aromatic nitrogens is 3. The molecule has 25 heteroatoms. The number of hydrogen-bond acceptors (Lipinski definition) is 20. The van der Waals surface area contributed by atoms with Crippen LogP contribution in [0.5, 0.6) is 5.75 Å². The van der Waals surface area contributed by atoms with Crippen LogP contribution in [0.15, 0.2) is 86.7 Å². The Hall–Kier alpha value is -1.39. The van der Waals surface area contributed by atoms with Crippen molar-refractivity contribution in [2.45, 2.75) is 16.7 Å².